The predicted molar refractivity (Wildman–Crippen MR) is 61.2 cm³/mol. The van der Waals surface area contributed by atoms with Crippen LogP contribution in [0.3, 0.4) is 0 Å². The van der Waals surface area contributed by atoms with Crippen LogP contribution in [0.2, 0.25) is 0 Å². The fourth-order valence-corrected chi connectivity index (χ4v) is 2.18. The highest BCUT2D eigenvalue weighted by molar-refractivity contribution is 5.77. The minimum absolute atomic E-state index is 0.0403. The molecule has 0 radical (unpaired) electrons. The SMILES string of the molecule is COc1ccc(C2(C(N)C(=O)O)CC2)c(O)c1. The molecule has 0 aliphatic heterocycles. The molecule has 2 rings (SSSR count). The molecule has 4 N–H and O–H groups in total. The molecule has 92 valence electrons. The Morgan fingerprint density at radius 1 is 1.53 bits per heavy atom. The first-order valence-corrected chi connectivity index (χ1v) is 5.37. The lowest BCUT2D eigenvalue weighted by atomic mass is 9.87. The Bertz CT molecular complexity index is 454. The van der Waals surface area contributed by atoms with Gasteiger partial charge in [0.2, 0.25) is 0 Å². The number of hydrogen-bond acceptors (Lipinski definition) is 4. The Kier molecular flexibility index (Phi) is 2.71. The van der Waals surface area contributed by atoms with Gasteiger partial charge >= 0.3 is 5.97 Å². The Hall–Kier alpha value is -1.75. The largest absolute Gasteiger partial charge is 0.508 e. The number of carboxylic acid groups (broad SMARTS) is 1. The number of methoxy groups -OCH3 is 1. The first-order chi connectivity index (χ1) is 8.01. The van der Waals surface area contributed by atoms with Crippen molar-refractivity contribution in [2.75, 3.05) is 7.11 Å². The van der Waals surface area contributed by atoms with Crippen LogP contribution in [0, 0.1) is 0 Å². The molecule has 1 aliphatic rings. The molecule has 1 atom stereocenters. The van der Waals surface area contributed by atoms with Crippen LogP contribution in [-0.4, -0.2) is 29.3 Å². The number of aliphatic carboxylic acids is 1. The van der Waals surface area contributed by atoms with Crippen LogP contribution < -0.4 is 10.5 Å². The zero-order chi connectivity index (χ0) is 12.6. The van der Waals surface area contributed by atoms with Crippen molar-refractivity contribution in [3.8, 4) is 11.5 Å². The van der Waals surface area contributed by atoms with Crippen LogP contribution in [0.25, 0.3) is 0 Å². The molecule has 0 bridgehead atoms. The molecule has 1 aliphatic carbocycles. The molecule has 0 heterocycles. The molecule has 1 aromatic rings. The molecular formula is C12H15NO4. The number of hydrogen-bond donors (Lipinski definition) is 3. The monoisotopic (exact) mass is 237 g/mol. The number of phenols is 1. The van der Waals surface area contributed by atoms with Gasteiger partial charge < -0.3 is 20.7 Å². The van der Waals surface area contributed by atoms with Gasteiger partial charge in [-0.2, -0.15) is 0 Å². The number of nitrogens with two attached hydrogens (primary N) is 1. The van der Waals surface area contributed by atoms with E-state index in [1.807, 2.05) is 0 Å². The van der Waals surface area contributed by atoms with Crippen molar-refractivity contribution in [1.29, 1.82) is 0 Å². The summed E-state index contributed by atoms with van der Waals surface area (Å²) in [5, 5.41) is 18.9. The molecule has 1 fully saturated rings. The van der Waals surface area contributed by atoms with Crippen molar-refractivity contribution < 1.29 is 19.7 Å². The standard InChI is InChI=1S/C12H15NO4/c1-17-7-2-3-8(9(14)6-7)12(4-5-12)10(13)11(15)16/h2-3,6,10,14H,4-5,13H2,1H3,(H,15,16). The summed E-state index contributed by atoms with van der Waals surface area (Å²) in [6, 6.07) is 3.87. The first kappa shape index (κ1) is 11.7. The molecule has 0 spiro atoms. The van der Waals surface area contributed by atoms with Gasteiger partial charge in [0.15, 0.2) is 0 Å². The van der Waals surface area contributed by atoms with Crippen LogP contribution in [0.5, 0.6) is 11.5 Å². The van der Waals surface area contributed by atoms with E-state index >= 15 is 0 Å². The van der Waals surface area contributed by atoms with Crippen LogP contribution in [0.4, 0.5) is 0 Å². The number of carboxylic acids is 1. The maximum absolute atomic E-state index is 11.0. The third-order valence-corrected chi connectivity index (χ3v) is 3.39. The molecule has 17 heavy (non-hydrogen) atoms. The Morgan fingerprint density at radius 2 is 2.18 bits per heavy atom. The molecule has 1 aromatic carbocycles. The number of benzene rings is 1. The van der Waals surface area contributed by atoms with Gasteiger partial charge in [-0.3, -0.25) is 4.79 Å². The summed E-state index contributed by atoms with van der Waals surface area (Å²) < 4.78 is 4.98. The predicted octanol–water partition coefficient (Wildman–Crippen LogP) is 0.844. The minimum atomic E-state index is -1.04. The average Bonchev–Trinajstić information content (AvgIpc) is 3.09. The summed E-state index contributed by atoms with van der Waals surface area (Å²) in [6.45, 7) is 0. The number of ether oxygens (including phenoxy) is 1. The Balaban J connectivity index is 2.37. The number of carbonyl (C=O) groups is 1. The van der Waals surface area contributed by atoms with E-state index in [0.717, 1.165) is 0 Å². The van der Waals surface area contributed by atoms with E-state index in [4.69, 9.17) is 15.6 Å². The Morgan fingerprint density at radius 3 is 2.59 bits per heavy atom. The second kappa shape index (κ2) is 3.92. The number of rotatable bonds is 4. The zero-order valence-corrected chi connectivity index (χ0v) is 9.51. The molecule has 5 nitrogen and oxygen atoms in total. The van der Waals surface area contributed by atoms with E-state index in [0.29, 0.717) is 24.2 Å². The van der Waals surface area contributed by atoms with Crippen LogP contribution in [-0.2, 0) is 10.2 Å². The summed E-state index contributed by atoms with van der Waals surface area (Å²) in [5.41, 5.74) is 5.65. The smallest absolute Gasteiger partial charge is 0.321 e. The summed E-state index contributed by atoms with van der Waals surface area (Å²) >= 11 is 0. The minimum Gasteiger partial charge on any atom is -0.508 e. The average molecular weight is 237 g/mol. The third kappa shape index (κ3) is 1.82. The highest BCUT2D eigenvalue weighted by Gasteiger charge is 2.53. The lowest BCUT2D eigenvalue weighted by Crippen LogP contribution is -2.41. The second-order valence-electron chi connectivity index (χ2n) is 4.36. The van der Waals surface area contributed by atoms with Gasteiger partial charge in [-0.25, -0.2) is 0 Å². The van der Waals surface area contributed by atoms with Crippen LogP contribution in [0.1, 0.15) is 18.4 Å². The van der Waals surface area contributed by atoms with Crippen molar-refractivity contribution in [2.24, 2.45) is 5.73 Å². The van der Waals surface area contributed by atoms with E-state index in [2.05, 4.69) is 0 Å². The van der Waals surface area contributed by atoms with Crippen molar-refractivity contribution in [1.82, 2.24) is 0 Å². The number of phenolic OH excluding ortho intramolecular Hbond substituents is 1. The summed E-state index contributed by atoms with van der Waals surface area (Å²) in [4.78, 5) is 11.0. The van der Waals surface area contributed by atoms with Gasteiger partial charge in [-0.05, 0) is 18.9 Å². The maximum Gasteiger partial charge on any atom is 0.321 e. The molecule has 1 saturated carbocycles. The fraction of sp³-hybridized carbons (Fsp3) is 0.417. The molecule has 0 amide bonds. The summed E-state index contributed by atoms with van der Waals surface area (Å²) in [6.07, 6.45) is 1.36. The molecule has 5 heteroatoms. The first-order valence-electron chi connectivity index (χ1n) is 5.37. The van der Waals surface area contributed by atoms with Crippen molar-refractivity contribution >= 4 is 5.97 Å². The maximum atomic E-state index is 11.0. The lowest BCUT2D eigenvalue weighted by Gasteiger charge is -2.21. The normalized spacial score (nSPS) is 18.5. The van der Waals surface area contributed by atoms with E-state index in [1.54, 1.807) is 12.1 Å². The number of aromatic hydroxyl groups is 1. The van der Waals surface area contributed by atoms with Crippen molar-refractivity contribution in [3.63, 3.8) is 0 Å². The second-order valence-corrected chi connectivity index (χ2v) is 4.36. The third-order valence-electron chi connectivity index (χ3n) is 3.39. The van der Waals surface area contributed by atoms with E-state index in [-0.39, 0.29) is 5.75 Å². The highest BCUT2D eigenvalue weighted by Crippen LogP contribution is 2.53. The lowest BCUT2D eigenvalue weighted by molar-refractivity contribution is -0.139. The van der Waals surface area contributed by atoms with Crippen LogP contribution >= 0.6 is 0 Å². The van der Waals surface area contributed by atoms with Gasteiger partial charge in [0.1, 0.15) is 17.5 Å². The van der Waals surface area contributed by atoms with Crippen LogP contribution in [0.15, 0.2) is 18.2 Å². The Labute approximate surface area is 98.8 Å². The fourth-order valence-electron chi connectivity index (χ4n) is 2.18. The van der Waals surface area contributed by atoms with E-state index in [1.165, 1.54) is 13.2 Å². The van der Waals surface area contributed by atoms with Gasteiger partial charge in [-0.1, -0.05) is 6.07 Å². The molecular weight excluding hydrogens is 222 g/mol. The highest BCUT2D eigenvalue weighted by atomic mass is 16.5. The van der Waals surface area contributed by atoms with Gasteiger partial charge in [0, 0.05) is 17.0 Å². The van der Waals surface area contributed by atoms with Crippen molar-refractivity contribution in [2.45, 2.75) is 24.3 Å². The quantitative estimate of drug-likeness (QED) is 0.721. The van der Waals surface area contributed by atoms with Gasteiger partial charge in [0.25, 0.3) is 0 Å². The molecule has 0 saturated heterocycles. The zero-order valence-electron chi connectivity index (χ0n) is 9.51. The van der Waals surface area contributed by atoms with Gasteiger partial charge in [-0.15, -0.1) is 0 Å². The van der Waals surface area contributed by atoms with Gasteiger partial charge in [0.05, 0.1) is 7.11 Å². The topological polar surface area (TPSA) is 92.8 Å². The van der Waals surface area contributed by atoms with Crippen molar-refractivity contribution in [3.05, 3.63) is 23.8 Å². The summed E-state index contributed by atoms with van der Waals surface area (Å²) in [5.74, 6) is -0.470. The molecule has 0 aromatic heterocycles. The summed E-state index contributed by atoms with van der Waals surface area (Å²) in [7, 11) is 1.50. The molecule has 1 unspecified atom stereocenters. The van der Waals surface area contributed by atoms with E-state index < -0.39 is 17.4 Å². The van der Waals surface area contributed by atoms with E-state index in [9.17, 15) is 9.90 Å².